The Hall–Kier alpha value is -1.40. The summed E-state index contributed by atoms with van der Waals surface area (Å²) in [5.41, 5.74) is 3.48. The van der Waals surface area contributed by atoms with Crippen molar-refractivity contribution in [2.45, 2.75) is 58.1 Å². The minimum absolute atomic E-state index is 0.128. The highest BCUT2D eigenvalue weighted by atomic mass is 16.5. The minimum atomic E-state index is 0.128. The van der Waals surface area contributed by atoms with Crippen molar-refractivity contribution in [1.29, 1.82) is 0 Å². The number of ether oxygens (including phenoxy) is 1. The Kier molecular flexibility index (Phi) is 5.33. The topological polar surface area (TPSA) is 79.0 Å². The molecule has 2 heterocycles. The SMILES string of the molecule is Cc1n[nH]c(C)c1CCCNC(=O)[C@H]1CC[C@H]2OCCN[C@@H]2C1. The highest BCUT2D eigenvalue weighted by molar-refractivity contribution is 5.78. The molecule has 1 aliphatic heterocycles. The van der Waals surface area contributed by atoms with Gasteiger partial charge in [-0.05, 0) is 51.5 Å². The van der Waals surface area contributed by atoms with Gasteiger partial charge in [-0.3, -0.25) is 9.89 Å². The molecule has 1 saturated carbocycles. The number of aromatic nitrogens is 2. The molecule has 0 spiro atoms. The molecule has 1 saturated heterocycles. The molecule has 3 N–H and O–H groups in total. The number of aromatic amines is 1. The summed E-state index contributed by atoms with van der Waals surface area (Å²) in [6.45, 7) is 6.50. The second-order valence-corrected chi connectivity index (χ2v) is 6.79. The summed E-state index contributed by atoms with van der Waals surface area (Å²) in [6.07, 6.45) is 5.04. The predicted octanol–water partition coefficient (Wildman–Crippen LogP) is 1.23. The molecule has 1 aromatic rings. The molecule has 128 valence electrons. The number of nitrogens with one attached hydrogen (secondary N) is 3. The Balaban J connectivity index is 1.39. The molecule has 0 aromatic carbocycles. The van der Waals surface area contributed by atoms with Crippen molar-refractivity contribution in [1.82, 2.24) is 20.8 Å². The molecule has 0 bridgehead atoms. The average Bonchev–Trinajstić information content (AvgIpc) is 2.89. The molecule has 0 unspecified atom stereocenters. The molecule has 23 heavy (non-hydrogen) atoms. The van der Waals surface area contributed by atoms with E-state index in [1.165, 1.54) is 5.56 Å². The lowest BCUT2D eigenvalue weighted by Gasteiger charge is -2.39. The fraction of sp³-hybridized carbons (Fsp3) is 0.765. The van der Waals surface area contributed by atoms with Crippen LogP contribution in [0.25, 0.3) is 0 Å². The Labute approximate surface area is 137 Å². The number of amides is 1. The van der Waals surface area contributed by atoms with Crippen LogP contribution >= 0.6 is 0 Å². The van der Waals surface area contributed by atoms with Crippen LogP contribution < -0.4 is 10.6 Å². The largest absolute Gasteiger partial charge is 0.375 e. The van der Waals surface area contributed by atoms with Gasteiger partial charge in [-0.2, -0.15) is 5.10 Å². The fourth-order valence-electron chi connectivity index (χ4n) is 3.81. The standard InChI is InChI=1S/C17H28N4O2/c1-11-14(12(2)21-20-11)4-3-7-19-17(22)13-5-6-16-15(10-13)18-8-9-23-16/h13,15-16,18H,3-10H2,1-2H3,(H,19,22)(H,20,21)/t13-,15+,16+/m0/s1. The molecular weight excluding hydrogens is 292 g/mol. The van der Waals surface area contributed by atoms with E-state index >= 15 is 0 Å². The zero-order valence-electron chi connectivity index (χ0n) is 14.2. The molecule has 6 heteroatoms. The smallest absolute Gasteiger partial charge is 0.223 e. The second-order valence-electron chi connectivity index (χ2n) is 6.79. The van der Waals surface area contributed by atoms with Gasteiger partial charge in [0.05, 0.1) is 18.4 Å². The summed E-state index contributed by atoms with van der Waals surface area (Å²) >= 11 is 0. The van der Waals surface area contributed by atoms with Crippen molar-refractivity contribution in [3.63, 3.8) is 0 Å². The number of nitrogens with zero attached hydrogens (tertiary/aromatic N) is 1. The first kappa shape index (κ1) is 16.5. The van der Waals surface area contributed by atoms with Gasteiger partial charge < -0.3 is 15.4 Å². The number of rotatable bonds is 5. The normalized spacial score (nSPS) is 27.5. The number of aryl methyl sites for hydroxylation is 2. The van der Waals surface area contributed by atoms with Crippen LogP contribution in [0.2, 0.25) is 0 Å². The maximum atomic E-state index is 12.4. The number of fused-ring (bicyclic) bond motifs is 1. The summed E-state index contributed by atoms with van der Waals surface area (Å²) in [6, 6.07) is 0.351. The highest BCUT2D eigenvalue weighted by Gasteiger charge is 2.35. The van der Waals surface area contributed by atoms with Gasteiger partial charge in [0.1, 0.15) is 0 Å². The number of hydrogen-bond donors (Lipinski definition) is 3. The number of carbonyl (C=O) groups is 1. The van der Waals surface area contributed by atoms with Crippen LogP contribution in [-0.4, -0.2) is 47.9 Å². The van der Waals surface area contributed by atoms with Crippen molar-refractivity contribution < 1.29 is 9.53 Å². The maximum absolute atomic E-state index is 12.4. The molecule has 3 rings (SSSR count). The Morgan fingerprint density at radius 2 is 2.26 bits per heavy atom. The van der Waals surface area contributed by atoms with Crippen molar-refractivity contribution in [2.24, 2.45) is 5.92 Å². The molecule has 1 aliphatic carbocycles. The van der Waals surface area contributed by atoms with Crippen LogP contribution in [0, 0.1) is 19.8 Å². The van der Waals surface area contributed by atoms with Crippen LogP contribution in [-0.2, 0) is 16.0 Å². The van der Waals surface area contributed by atoms with E-state index in [1.807, 2.05) is 13.8 Å². The first-order chi connectivity index (χ1) is 11.1. The zero-order chi connectivity index (χ0) is 16.2. The lowest BCUT2D eigenvalue weighted by molar-refractivity contribution is -0.128. The predicted molar refractivity (Wildman–Crippen MR) is 88.3 cm³/mol. The van der Waals surface area contributed by atoms with Crippen molar-refractivity contribution in [3.8, 4) is 0 Å². The van der Waals surface area contributed by atoms with Gasteiger partial charge in [0, 0.05) is 30.7 Å². The van der Waals surface area contributed by atoms with Gasteiger partial charge in [0.25, 0.3) is 0 Å². The van der Waals surface area contributed by atoms with Crippen molar-refractivity contribution >= 4 is 5.91 Å². The van der Waals surface area contributed by atoms with Gasteiger partial charge in [0.2, 0.25) is 5.91 Å². The summed E-state index contributed by atoms with van der Waals surface area (Å²) < 4.78 is 5.77. The quantitative estimate of drug-likeness (QED) is 0.713. The molecular formula is C17H28N4O2. The van der Waals surface area contributed by atoms with Crippen LogP contribution in [0.5, 0.6) is 0 Å². The third kappa shape index (κ3) is 3.93. The number of carbonyl (C=O) groups excluding carboxylic acids is 1. The molecule has 2 aliphatic rings. The van der Waals surface area contributed by atoms with Crippen molar-refractivity contribution in [3.05, 3.63) is 17.0 Å². The van der Waals surface area contributed by atoms with E-state index in [0.29, 0.717) is 12.1 Å². The molecule has 3 atom stereocenters. The van der Waals surface area contributed by atoms with E-state index in [2.05, 4.69) is 20.8 Å². The van der Waals surface area contributed by atoms with Crippen LogP contribution in [0.15, 0.2) is 0 Å². The summed E-state index contributed by atoms with van der Waals surface area (Å²) in [4.78, 5) is 12.4. The molecule has 1 amide bonds. The minimum Gasteiger partial charge on any atom is -0.375 e. The van der Waals surface area contributed by atoms with Crippen LogP contribution in [0.4, 0.5) is 0 Å². The van der Waals surface area contributed by atoms with Gasteiger partial charge in [0.15, 0.2) is 0 Å². The molecule has 6 nitrogen and oxygen atoms in total. The van der Waals surface area contributed by atoms with Gasteiger partial charge in [-0.1, -0.05) is 0 Å². The fourth-order valence-corrected chi connectivity index (χ4v) is 3.81. The Morgan fingerprint density at radius 3 is 3.04 bits per heavy atom. The number of morpholine rings is 1. The van der Waals surface area contributed by atoms with Crippen molar-refractivity contribution in [2.75, 3.05) is 19.7 Å². The number of H-pyrrole nitrogens is 1. The summed E-state index contributed by atoms with van der Waals surface area (Å²) in [5.74, 6) is 0.333. The lowest BCUT2D eigenvalue weighted by Crippen LogP contribution is -2.53. The monoisotopic (exact) mass is 320 g/mol. The Morgan fingerprint density at radius 1 is 1.39 bits per heavy atom. The van der Waals surface area contributed by atoms with E-state index in [0.717, 1.165) is 63.2 Å². The summed E-state index contributed by atoms with van der Waals surface area (Å²) in [7, 11) is 0. The Bertz CT molecular complexity index is 523. The third-order valence-electron chi connectivity index (χ3n) is 5.18. The average molecular weight is 320 g/mol. The van der Waals surface area contributed by atoms with Crippen LogP contribution in [0.1, 0.15) is 42.6 Å². The van der Waals surface area contributed by atoms with E-state index in [9.17, 15) is 4.79 Å². The van der Waals surface area contributed by atoms with Gasteiger partial charge >= 0.3 is 0 Å². The molecule has 2 fully saturated rings. The molecule has 0 radical (unpaired) electrons. The first-order valence-corrected chi connectivity index (χ1v) is 8.78. The van der Waals surface area contributed by atoms with E-state index in [1.54, 1.807) is 0 Å². The summed E-state index contributed by atoms with van der Waals surface area (Å²) in [5, 5.41) is 13.8. The van der Waals surface area contributed by atoms with Crippen LogP contribution in [0.3, 0.4) is 0 Å². The van der Waals surface area contributed by atoms with E-state index in [4.69, 9.17) is 4.74 Å². The third-order valence-corrected chi connectivity index (χ3v) is 5.18. The first-order valence-electron chi connectivity index (χ1n) is 8.78. The van der Waals surface area contributed by atoms with E-state index in [-0.39, 0.29) is 11.8 Å². The van der Waals surface area contributed by atoms with Gasteiger partial charge in [-0.15, -0.1) is 0 Å². The number of hydrogen-bond acceptors (Lipinski definition) is 4. The maximum Gasteiger partial charge on any atom is 0.223 e. The second kappa shape index (κ2) is 7.45. The zero-order valence-corrected chi connectivity index (χ0v) is 14.2. The lowest BCUT2D eigenvalue weighted by atomic mass is 9.82. The highest BCUT2D eigenvalue weighted by Crippen LogP contribution is 2.28. The van der Waals surface area contributed by atoms with Gasteiger partial charge in [-0.25, -0.2) is 0 Å². The molecule has 1 aromatic heterocycles. The van der Waals surface area contributed by atoms with E-state index < -0.39 is 0 Å².